The van der Waals surface area contributed by atoms with E-state index in [1.807, 2.05) is 0 Å². The van der Waals surface area contributed by atoms with Crippen LogP contribution in [0.4, 0.5) is 0 Å². The number of rotatable bonds is 1. The zero-order chi connectivity index (χ0) is 9.97. The van der Waals surface area contributed by atoms with Crippen molar-refractivity contribution in [2.24, 2.45) is 0 Å². The van der Waals surface area contributed by atoms with Gasteiger partial charge in [0, 0.05) is 16.8 Å². The highest BCUT2D eigenvalue weighted by molar-refractivity contribution is 6.33. The molecule has 1 nitrogen and oxygen atoms in total. The molecule has 0 unspecified atom stereocenters. The van der Waals surface area contributed by atoms with Crippen molar-refractivity contribution in [3.63, 3.8) is 0 Å². The maximum atomic E-state index is 5.99. The molecule has 0 aliphatic carbocycles. The number of hydrogen-bond acceptors (Lipinski definition) is 1. The summed E-state index contributed by atoms with van der Waals surface area (Å²) in [7, 11) is 0. The molecule has 0 bridgehead atoms. The molecular formula is C11H6Cl2N. The van der Waals surface area contributed by atoms with Crippen molar-refractivity contribution in [3.05, 3.63) is 52.6 Å². The molecule has 0 aliphatic rings. The number of aromatic nitrogens is 1. The smallest absolute Gasteiger partial charge is 0.0894 e. The summed E-state index contributed by atoms with van der Waals surface area (Å²) in [6, 6.07) is 11.9. The van der Waals surface area contributed by atoms with Crippen LogP contribution in [0.2, 0.25) is 10.0 Å². The Bertz CT molecular complexity index is 455. The van der Waals surface area contributed by atoms with Gasteiger partial charge in [0.2, 0.25) is 0 Å². The molecule has 0 aliphatic heterocycles. The Morgan fingerprint density at radius 2 is 2.07 bits per heavy atom. The van der Waals surface area contributed by atoms with Gasteiger partial charge in [-0.2, -0.15) is 0 Å². The maximum Gasteiger partial charge on any atom is 0.0894 e. The average molecular weight is 223 g/mol. The lowest BCUT2D eigenvalue weighted by atomic mass is 10.1. The third kappa shape index (κ3) is 1.89. The van der Waals surface area contributed by atoms with Gasteiger partial charge in [0.05, 0.1) is 10.7 Å². The molecule has 1 radical (unpaired) electrons. The Morgan fingerprint density at radius 3 is 2.79 bits per heavy atom. The summed E-state index contributed by atoms with van der Waals surface area (Å²) >= 11 is 11.8. The number of halogens is 2. The summed E-state index contributed by atoms with van der Waals surface area (Å²) in [5.41, 5.74) is 1.51. The van der Waals surface area contributed by atoms with Gasteiger partial charge in [-0.05, 0) is 30.3 Å². The van der Waals surface area contributed by atoms with Crippen LogP contribution in [-0.4, -0.2) is 4.98 Å². The second-order valence-electron chi connectivity index (χ2n) is 2.75. The first-order valence-corrected chi connectivity index (χ1v) is 4.81. The van der Waals surface area contributed by atoms with Gasteiger partial charge in [-0.15, -0.1) is 0 Å². The van der Waals surface area contributed by atoms with Crippen LogP contribution in [0.25, 0.3) is 11.3 Å². The van der Waals surface area contributed by atoms with E-state index in [9.17, 15) is 0 Å². The first-order chi connectivity index (χ1) is 6.77. The predicted molar refractivity (Wildman–Crippen MR) is 58.5 cm³/mol. The Morgan fingerprint density at radius 1 is 1.21 bits per heavy atom. The van der Waals surface area contributed by atoms with E-state index in [1.54, 1.807) is 36.5 Å². The fourth-order valence-electron chi connectivity index (χ4n) is 1.16. The van der Waals surface area contributed by atoms with Crippen LogP contribution in [0.15, 0.2) is 36.5 Å². The van der Waals surface area contributed by atoms with Crippen molar-refractivity contribution in [3.8, 4) is 11.3 Å². The van der Waals surface area contributed by atoms with Crippen molar-refractivity contribution in [2.75, 3.05) is 0 Å². The minimum Gasteiger partial charge on any atom is -0.255 e. The first kappa shape index (κ1) is 9.50. The lowest BCUT2D eigenvalue weighted by Crippen LogP contribution is -1.83. The van der Waals surface area contributed by atoms with Crippen LogP contribution >= 0.6 is 23.2 Å². The van der Waals surface area contributed by atoms with Gasteiger partial charge in [-0.3, -0.25) is 4.98 Å². The molecule has 2 aromatic rings. The predicted octanol–water partition coefficient (Wildman–Crippen LogP) is 3.86. The summed E-state index contributed by atoms with van der Waals surface area (Å²) in [4.78, 5) is 4.17. The third-order valence-corrected chi connectivity index (χ3v) is 2.32. The highest BCUT2D eigenvalue weighted by atomic mass is 35.5. The molecule has 0 amide bonds. The van der Waals surface area contributed by atoms with Crippen molar-refractivity contribution in [1.29, 1.82) is 0 Å². The molecule has 1 aromatic heterocycles. The van der Waals surface area contributed by atoms with E-state index in [0.29, 0.717) is 15.7 Å². The van der Waals surface area contributed by atoms with Crippen molar-refractivity contribution in [2.45, 2.75) is 0 Å². The summed E-state index contributed by atoms with van der Waals surface area (Å²) in [6.45, 7) is 0. The number of pyridine rings is 1. The molecule has 0 spiro atoms. The highest BCUT2D eigenvalue weighted by Gasteiger charge is 2.04. The summed E-state index contributed by atoms with van der Waals surface area (Å²) in [5, 5.41) is 1.26. The van der Waals surface area contributed by atoms with Crippen molar-refractivity contribution < 1.29 is 0 Å². The molecule has 0 fully saturated rings. The molecule has 0 atom stereocenters. The van der Waals surface area contributed by atoms with Crippen LogP contribution < -0.4 is 0 Å². The van der Waals surface area contributed by atoms with Crippen LogP contribution in [0.3, 0.4) is 0 Å². The molecular weight excluding hydrogens is 217 g/mol. The zero-order valence-electron chi connectivity index (χ0n) is 7.17. The van der Waals surface area contributed by atoms with Gasteiger partial charge in [-0.1, -0.05) is 29.3 Å². The van der Waals surface area contributed by atoms with E-state index in [1.165, 1.54) is 0 Å². The minimum atomic E-state index is 0.603. The molecule has 2 rings (SSSR count). The van der Waals surface area contributed by atoms with Gasteiger partial charge < -0.3 is 0 Å². The molecule has 0 saturated carbocycles. The molecule has 0 N–H and O–H groups in total. The quantitative estimate of drug-likeness (QED) is 0.715. The number of nitrogens with zero attached hydrogens (tertiary/aromatic N) is 1. The Labute approximate surface area is 92.3 Å². The van der Waals surface area contributed by atoms with Crippen molar-refractivity contribution in [1.82, 2.24) is 4.98 Å². The fraction of sp³-hybridized carbons (Fsp3) is 0. The zero-order valence-corrected chi connectivity index (χ0v) is 8.68. The molecule has 1 aromatic carbocycles. The van der Waals surface area contributed by atoms with Crippen LogP contribution in [0.1, 0.15) is 0 Å². The van der Waals surface area contributed by atoms with E-state index in [-0.39, 0.29) is 0 Å². The summed E-state index contributed by atoms with van der Waals surface area (Å²) in [5.74, 6) is 0. The van der Waals surface area contributed by atoms with E-state index < -0.39 is 0 Å². The molecule has 69 valence electrons. The normalized spacial score (nSPS) is 10.1. The average Bonchev–Trinajstić information content (AvgIpc) is 2.18. The Balaban J connectivity index is 2.55. The SMILES string of the molecule is Clc1cc[c]c(-c2ncccc2Cl)c1. The van der Waals surface area contributed by atoms with Gasteiger partial charge in [0.25, 0.3) is 0 Å². The molecule has 14 heavy (non-hydrogen) atoms. The van der Waals surface area contributed by atoms with Crippen molar-refractivity contribution >= 4 is 23.2 Å². The van der Waals surface area contributed by atoms with E-state index >= 15 is 0 Å². The second kappa shape index (κ2) is 3.99. The summed E-state index contributed by atoms with van der Waals surface area (Å²) in [6.07, 6.45) is 1.69. The number of benzene rings is 1. The minimum absolute atomic E-state index is 0.603. The lowest BCUT2D eigenvalue weighted by molar-refractivity contribution is 1.32. The third-order valence-electron chi connectivity index (χ3n) is 1.78. The molecule has 3 heteroatoms. The first-order valence-electron chi connectivity index (χ1n) is 4.05. The number of hydrogen-bond donors (Lipinski definition) is 0. The summed E-state index contributed by atoms with van der Waals surface area (Å²) < 4.78 is 0. The van der Waals surface area contributed by atoms with E-state index in [4.69, 9.17) is 23.2 Å². The second-order valence-corrected chi connectivity index (χ2v) is 3.60. The lowest BCUT2D eigenvalue weighted by Gasteiger charge is -2.02. The molecule has 0 saturated heterocycles. The Hall–Kier alpha value is -1.05. The maximum absolute atomic E-state index is 5.99. The van der Waals surface area contributed by atoms with Gasteiger partial charge in [0.1, 0.15) is 0 Å². The van der Waals surface area contributed by atoms with Crippen LogP contribution in [-0.2, 0) is 0 Å². The van der Waals surface area contributed by atoms with Gasteiger partial charge in [-0.25, -0.2) is 0 Å². The van der Waals surface area contributed by atoms with Gasteiger partial charge >= 0.3 is 0 Å². The van der Waals surface area contributed by atoms with Crippen LogP contribution in [0, 0.1) is 6.07 Å². The Kier molecular flexibility index (Phi) is 2.71. The fourth-order valence-corrected chi connectivity index (χ4v) is 1.55. The standard InChI is InChI=1S/C11H6Cl2N/c12-9-4-1-3-8(7-9)11-10(13)5-2-6-14-11/h1-2,4-7H. The van der Waals surface area contributed by atoms with Gasteiger partial charge in [0.15, 0.2) is 0 Å². The van der Waals surface area contributed by atoms with E-state index in [0.717, 1.165) is 5.56 Å². The van der Waals surface area contributed by atoms with Crippen LogP contribution in [0.5, 0.6) is 0 Å². The highest BCUT2D eigenvalue weighted by Crippen LogP contribution is 2.26. The monoisotopic (exact) mass is 222 g/mol. The van der Waals surface area contributed by atoms with E-state index in [2.05, 4.69) is 11.1 Å². The largest absolute Gasteiger partial charge is 0.255 e. The topological polar surface area (TPSA) is 12.9 Å². The molecule has 1 heterocycles.